The Bertz CT molecular complexity index is 1020. The fraction of sp³-hybridized carbons (Fsp3) is 0.520. The molecular weight excluding hydrogens is 404 g/mol. The van der Waals surface area contributed by atoms with Gasteiger partial charge < -0.3 is 15.0 Å². The second-order valence-electron chi connectivity index (χ2n) is 9.53. The predicted molar refractivity (Wildman–Crippen MR) is 126 cm³/mol. The maximum absolute atomic E-state index is 5.53. The fourth-order valence-corrected chi connectivity index (χ4v) is 6.78. The Morgan fingerprint density at radius 3 is 2.55 bits per heavy atom. The van der Waals surface area contributed by atoms with Crippen molar-refractivity contribution in [3.05, 3.63) is 41.8 Å². The second kappa shape index (κ2) is 8.49. The number of rotatable bonds is 5. The lowest BCUT2D eigenvalue weighted by Gasteiger charge is -2.27. The molecule has 1 saturated carbocycles. The molecule has 1 unspecified atom stereocenters. The number of ether oxygens (including phenoxy) is 1. The molecule has 1 aromatic carbocycles. The van der Waals surface area contributed by atoms with Crippen LogP contribution in [0.2, 0.25) is 0 Å². The number of nitrogens with zero attached hydrogens (tertiary/aromatic N) is 3. The summed E-state index contributed by atoms with van der Waals surface area (Å²) in [7, 11) is 0. The molecule has 31 heavy (non-hydrogen) atoms. The highest BCUT2D eigenvalue weighted by atomic mass is 32.1. The van der Waals surface area contributed by atoms with Crippen molar-refractivity contribution < 1.29 is 4.74 Å². The summed E-state index contributed by atoms with van der Waals surface area (Å²) >= 11 is 1.76. The van der Waals surface area contributed by atoms with E-state index in [0.29, 0.717) is 6.04 Å². The lowest BCUT2D eigenvalue weighted by atomic mass is 10.00. The molecule has 6 heteroatoms. The smallest absolute Gasteiger partial charge is 0.166 e. The molecule has 3 atom stereocenters. The molecule has 0 radical (unpaired) electrons. The van der Waals surface area contributed by atoms with Crippen LogP contribution in [0.5, 0.6) is 0 Å². The quantitative estimate of drug-likeness (QED) is 0.618. The summed E-state index contributed by atoms with van der Waals surface area (Å²) in [5, 5.41) is 16.4. The highest BCUT2D eigenvalue weighted by Gasteiger charge is 2.41. The van der Waals surface area contributed by atoms with E-state index in [-0.39, 0.29) is 0 Å². The van der Waals surface area contributed by atoms with Crippen molar-refractivity contribution in [3.8, 4) is 11.3 Å². The van der Waals surface area contributed by atoms with Crippen LogP contribution in [0.3, 0.4) is 0 Å². The van der Waals surface area contributed by atoms with E-state index in [1.165, 1.54) is 55.4 Å². The Balaban J connectivity index is 1.12. The molecule has 0 spiro atoms. The number of anilines is 1. The van der Waals surface area contributed by atoms with E-state index in [4.69, 9.17) is 4.74 Å². The van der Waals surface area contributed by atoms with Gasteiger partial charge in [-0.3, -0.25) is 0 Å². The maximum atomic E-state index is 5.53. The van der Waals surface area contributed by atoms with Gasteiger partial charge in [-0.1, -0.05) is 30.3 Å². The molecule has 0 bridgehead atoms. The summed E-state index contributed by atoms with van der Waals surface area (Å²) in [5.41, 5.74) is 2.11. The van der Waals surface area contributed by atoms with Crippen LogP contribution in [0.25, 0.3) is 21.3 Å². The number of likely N-dealkylation sites (tertiary alicyclic amines) is 1. The summed E-state index contributed by atoms with van der Waals surface area (Å²) in [6.07, 6.45) is 4.99. The third-order valence-electron chi connectivity index (χ3n) is 7.46. The van der Waals surface area contributed by atoms with Gasteiger partial charge in [0.15, 0.2) is 5.82 Å². The van der Waals surface area contributed by atoms with Crippen molar-refractivity contribution in [2.45, 2.75) is 31.7 Å². The molecule has 1 N–H and O–H groups in total. The van der Waals surface area contributed by atoms with Gasteiger partial charge >= 0.3 is 0 Å². The molecule has 3 aliphatic rings. The molecule has 162 valence electrons. The molecule has 2 aromatic heterocycles. The van der Waals surface area contributed by atoms with Crippen molar-refractivity contribution >= 4 is 27.2 Å². The summed E-state index contributed by atoms with van der Waals surface area (Å²) in [5.74, 6) is 3.46. The van der Waals surface area contributed by atoms with Crippen molar-refractivity contribution in [1.29, 1.82) is 0 Å². The molecule has 0 amide bonds. The number of aromatic nitrogens is 2. The molecule has 2 saturated heterocycles. The molecular formula is C25H30N4OS. The maximum Gasteiger partial charge on any atom is 0.166 e. The van der Waals surface area contributed by atoms with Gasteiger partial charge in [-0.2, -0.15) is 0 Å². The number of benzene rings is 1. The van der Waals surface area contributed by atoms with Crippen molar-refractivity contribution in [2.24, 2.45) is 17.8 Å². The third-order valence-corrected chi connectivity index (χ3v) is 8.38. The Kier molecular flexibility index (Phi) is 5.38. The average molecular weight is 435 g/mol. The van der Waals surface area contributed by atoms with Gasteiger partial charge in [0, 0.05) is 49.8 Å². The molecule has 3 aromatic rings. The highest BCUT2D eigenvalue weighted by Crippen LogP contribution is 2.41. The molecule has 4 heterocycles. The van der Waals surface area contributed by atoms with Crippen LogP contribution >= 0.6 is 11.3 Å². The molecule has 6 rings (SSSR count). The van der Waals surface area contributed by atoms with Crippen molar-refractivity contribution in [3.63, 3.8) is 0 Å². The van der Waals surface area contributed by atoms with Gasteiger partial charge in [0.05, 0.1) is 4.70 Å². The summed E-state index contributed by atoms with van der Waals surface area (Å²) in [6, 6.07) is 13.1. The lowest BCUT2D eigenvalue weighted by molar-refractivity contribution is 0.0545. The van der Waals surface area contributed by atoms with E-state index in [2.05, 4.69) is 56.1 Å². The Hall–Kier alpha value is -2.02. The first kappa shape index (κ1) is 19.6. The summed E-state index contributed by atoms with van der Waals surface area (Å²) in [6.45, 7) is 5.73. The Morgan fingerprint density at radius 2 is 1.77 bits per heavy atom. The minimum atomic E-state index is 0.516. The van der Waals surface area contributed by atoms with Crippen LogP contribution in [0, 0.1) is 17.8 Å². The monoisotopic (exact) mass is 434 g/mol. The second-order valence-corrected chi connectivity index (χ2v) is 10.4. The zero-order chi connectivity index (χ0) is 20.6. The molecule has 2 aliphatic heterocycles. The lowest BCUT2D eigenvalue weighted by Crippen LogP contribution is -2.32. The largest absolute Gasteiger partial charge is 0.381 e. The minimum absolute atomic E-state index is 0.516. The van der Waals surface area contributed by atoms with Crippen LogP contribution in [-0.2, 0) is 4.74 Å². The number of hydrogen-bond donors (Lipinski definition) is 1. The van der Waals surface area contributed by atoms with Gasteiger partial charge in [0.1, 0.15) is 5.69 Å². The highest BCUT2D eigenvalue weighted by molar-refractivity contribution is 7.17. The molecule has 5 nitrogen and oxygen atoms in total. The van der Waals surface area contributed by atoms with Crippen LogP contribution < -0.4 is 5.32 Å². The van der Waals surface area contributed by atoms with Crippen LogP contribution in [0.1, 0.15) is 25.7 Å². The standard InChI is InChI=1S/C25H30N4OS/c1-2-4-18(5-3-1)23-22-8-11-31-24(22)25(28-27-23)26-21-12-19-15-29(16-20(19)13-21)14-17-6-9-30-10-7-17/h1-5,8,11,17,19-21H,6-7,9-10,12-16H2,(H,26,28)/t19-,20+,21?. The SMILES string of the molecule is c1ccc(-c2nnc(NC3C[C@@H]4CN(CC5CCOCC5)C[C@@H]4C3)c3sccc23)cc1. The fourth-order valence-electron chi connectivity index (χ4n) is 5.93. The van der Waals surface area contributed by atoms with Gasteiger partial charge in [-0.25, -0.2) is 0 Å². The predicted octanol–water partition coefficient (Wildman–Crippen LogP) is 4.91. The van der Waals surface area contributed by atoms with Crippen LogP contribution in [-0.4, -0.2) is 54.0 Å². The van der Waals surface area contributed by atoms with Gasteiger partial charge in [0.25, 0.3) is 0 Å². The first-order valence-electron chi connectivity index (χ1n) is 11.7. The van der Waals surface area contributed by atoms with Gasteiger partial charge in [-0.05, 0) is 54.9 Å². The van der Waals surface area contributed by atoms with Gasteiger partial charge in [0.2, 0.25) is 0 Å². The normalized spacial score (nSPS) is 27.0. The third kappa shape index (κ3) is 3.97. The Labute approximate surface area is 187 Å². The number of nitrogens with one attached hydrogen (secondary N) is 1. The average Bonchev–Trinajstić information content (AvgIpc) is 3.51. The van der Waals surface area contributed by atoms with Crippen LogP contribution in [0.15, 0.2) is 41.8 Å². The topological polar surface area (TPSA) is 50.3 Å². The first-order valence-corrected chi connectivity index (χ1v) is 12.6. The van der Waals surface area contributed by atoms with Crippen molar-refractivity contribution in [1.82, 2.24) is 15.1 Å². The number of thiophene rings is 1. The van der Waals surface area contributed by atoms with Gasteiger partial charge in [-0.15, -0.1) is 21.5 Å². The summed E-state index contributed by atoms with van der Waals surface area (Å²) < 4.78 is 6.76. The molecule has 3 fully saturated rings. The zero-order valence-corrected chi connectivity index (χ0v) is 18.7. The number of hydrogen-bond acceptors (Lipinski definition) is 6. The van der Waals surface area contributed by atoms with E-state index >= 15 is 0 Å². The Morgan fingerprint density at radius 1 is 1.00 bits per heavy atom. The zero-order valence-electron chi connectivity index (χ0n) is 17.9. The number of fused-ring (bicyclic) bond motifs is 2. The van der Waals surface area contributed by atoms with E-state index in [1.54, 1.807) is 11.3 Å². The van der Waals surface area contributed by atoms with E-state index in [1.807, 2.05) is 6.07 Å². The molecule has 1 aliphatic carbocycles. The summed E-state index contributed by atoms with van der Waals surface area (Å²) in [4.78, 5) is 2.73. The van der Waals surface area contributed by atoms with E-state index in [9.17, 15) is 0 Å². The van der Waals surface area contributed by atoms with Crippen LogP contribution in [0.4, 0.5) is 5.82 Å². The van der Waals surface area contributed by atoms with E-state index in [0.717, 1.165) is 48.0 Å². The van der Waals surface area contributed by atoms with Crippen molar-refractivity contribution in [2.75, 3.05) is 38.2 Å². The van der Waals surface area contributed by atoms with E-state index < -0.39 is 0 Å². The minimum Gasteiger partial charge on any atom is -0.381 e. The first-order chi connectivity index (χ1) is 15.3.